The molecule has 0 aromatic rings. The highest BCUT2D eigenvalue weighted by Gasteiger charge is 2.36. The molecule has 2 atom stereocenters. The third kappa shape index (κ3) is 5.90. The molecule has 1 rings (SSSR count). The number of amides is 1. The molecule has 116 valence electrons. The van der Waals surface area contributed by atoms with E-state index in [1.54, 1.807) is 7.11 Å². The smallest absolute Gasteiger partial charge is 0.407 e. The van der Waals surface area contributed by atoms with Crippen molar-refractivity contribution in [3.63, 3.8) is 0 Å². The molecule has 0 bridgehead atoms. The fraction of sp³-hybridized carbons (Fsp3) is 0.867. The number of carbonyl (C=O) groups is 2. The van der Waals surface area contributed by atoms with Crippen LogP contribution in [0.25, 0.3) is 0 Å². The molecule has 1 amide bonds. The Morgan fingerprint density at radius 3 is 2.35 bits per heavy atom. The highest BCUT2D eigenvalue weighted by Crippen LogP contribution is 2.33. The van der Waals surface area contributed by atoms with E-state index in [2.05, 4.69) is 5.32 Å². The molecular weight excluding hydrogens is 258 g/mol. The summed E-state index contributed by atoms with van der Waals surface area (Å²) in [5, 5.41) is 2.81. The lowest BCUT2D eigenvalue weighted by atomic mass is 9.92. The quantitative estimate of drug-likeness (QED) is 0.780. The summed E-state index contributed by atoms with van der Waals surface area (Å²) in [6.07, 6.45) is 2.09. The zero-order valence-electron chi connectivity index (χ0n) is 13.2. The van der Waals surface area contributed by atoms with Gasteiger partial charge in [0.15, 0.2) is 0 Å². The Morgan fingerprint density at radius 1 is 1.30 bits per heavy atom. The molecule has 0 saturated heterocycles. The molecule has 20 heavy (non-hydrogen) atoms. The van der Waals surface area contributed by atoms with Crippen molar-refractivity contribution in [2.75, 3.05) is 13.7 Å². The highest BCUT2D eigenvalue weighted by atomic mass is 16.6. The molecule has 0 spiro atoms. The molecule has 0 aromatic carbocycles. The zero-order chi connectivity index (χ0) is 15.3. The van der Waals surface area contributed by atoms with Gasteiger partial charge in [-0.2, -0.15) is 0 Å². The number of hydrogen-bond acceptors (Lipinski definition) is 4. The Bertz CT molecular complexity index is 344. The maximum Gasteiger partial charge on any atom is 0.407 e. The second kappa shape index (κ2) is 7.07. The highest BCUT2D eigenvalue weighted by molar-refractivity contribution is 5.86. The van der Waals surface area contributed by atoms with E-state index in [1.807, 2.05) is 27.7 Å². The molecule has 1 saturated carbocycles. The van der Waals surface area contributed by atoms with E-state index >= 15 is 0 Å². The van der Waals surface area contributed by atoms with Gasteiger partial charge in [0.1, 0.15) is 11.4 Å². The Labute approximate surface area is 121 Å². The second-order valence-corrected chi connectivity index (χ2v) is 6.50. The number of hydrogen-bond donors (Lipinski definition) is 1. The molecule has 5 heteroatoms. The monoisotopic (exact) mass is 285 g/mol. The lowest BCUT2D eigenvalue weighted by Crippen LogP contribution is -2.45. The third-order valence-electron chi connectivity index (χ3n) is 3.37. The average molecular weight is 285 g/mol. The standard InChI is InChI=1S/C15H27NO4/c1-10(13(17)11-6-7-11)12(8-9-19-5)16-14(18)20-15(2,3)4/h10-12H,6-9H2,1-5H3,(H,16,18). The van der Waals surface area contributed by atoms with E-state index < -0.39 is 11.7 Å². The van der Waals surface area contributed by atoms with Gasteiger partial charge in [-0.25, -0.2) is 4.79 Å². The number of alkyl carbamates (subject to hydrolysis) is 1. The van der Waals surface area contributed by atoms with E-state index in [0.29, 0.717) is 13.0 Å². The lowest BCUT2D eigenvalue weighted by Gasteiger charge is -2.26. The number of ketones is 1. The first-order chi connectivity index (χ1) is 9.24. The van der Waals surface area contributed by atoms with Crippen LogP contribution in [0, 0.1) is 11.8 Å². The summed E-state index contributed by atoms with van der Waals surface area (Å²) in [5.41, 5.74) is -0.542. The van der Waals surface area contributed by atoms with Crippen LogP contribution in [0.3, 0.4) is 0 Å². The number of carbonyl (C=O) groups excluding carboxylic acids is 2. The molecule has 1 aliphatic carbocycles. The van der Waals surface area contributed by atoms with Gasteiger partial charge in [-0.3, -0.25) is 4.79 Å². The average Bonchev–Trinajstić information content (AvgIpc) is 3.14. The first kappa shape index (κ1) is 17.0. The van der Waals surface area contributed by atoms with Crippen LogP contribution >= 0.6 is 0 Å². The molecule has 0 aromatic heterocycles. The van der Waals surface area contributed by atoms with Gasteiger partial charge in [-0.1, -0.05) is 6.92 Å². The molecule has 2 unspecified atom stereocenters. The number of rotatable bonds is 7. The predicted octanol–water partition coefficient (Wildman–Crippen LogP) is 2.53. The van der Waals surface area contributed by atoms with Crippen molar-refractivity contribution in [3.05, 3.63) is 0 Å². The number of nitrogens with one attached hydrogen (secondary N) is 1. The molecule has 0 aliphatic heterocycles. The predicted molar refractivity (Wildman–Crippen MR) is 76.5 cm³/mol. The Hall–Kier alpha value is -1.10. The van der Waals surface area contributed by atoms with Gasteiger partial charge in [0.25, 0.3) is 0 Å². The Balaban J connectivity index is 2.58. The summed E-state index contributed by atoms with van der Waals surface area (Å²) in [7, 11) is 1.61. The van der Waals surface area contributed by atoms with E-state index in [0.717, 1.165) is 12.8 Å². The third-order valence-corrected chi connectivity index (χ3v) is 3.37. The lowest BCUT2D eigenvalue weighted by molar-refractivity contribution is -0.124. The van der Waals surface area contributed by atoms with Crippen LogP contribution in [0.2, 0.25) is 0 Å². The molecule has 5 nitrogen and oxygen atoms in total. The van der Waals surface area contributed by atoms with Crippen LogP contribution in [-0.4, -0.2) is 37.2 Å². The van der Waals surface area contributed by atoms with E-state index in [9.17, 15) is 9.59 Å². The fourth-order valence-electron chi connectivity index (χ4n) is 2.09. The first-order valence-electron chi connectivity index (χ1n) is 7.26. The minimum Gasteiger partial charge on any atom is -0.444 e. The van der Waals surface area contributed by atoms with Crippen molar-refractivity contribution in [2.24, 2.45) is 11.8 Å². The fourth-order valence-corrected chi connectivity index (χ4v) is 2.09. The maximum atomic E-state index is 12.1. The minimum absolute atomic E-state index is 0.190. The van der Waals surface area contributed by atoms with Crippen molar-refractivity contribution in [3.8, 4) is 0 Å². The van der Waals surface area contributed by atoms with Crippen molar-refractivity contribution in [1.82, 2.24) is 5.32 Å². The van der Waals surface area contributed by atoms with Crippen molar-refractivity contribution < 1.29 is 19.1 Å². The summed E-state index contributed by atoms with van der Waals surface area (Å²) in [5.74, 6) is 0.225. The SMILES string of the molecule is COCCC(NC(=O)OC(C)(C)C)C(C)C(=O)C1CC1. The van der Waals surface area contributed by atoms with Crippen molar-refractivity contribution in [1.29, 1.82) is 0 Å². The van der Waals surface area contributed by atoms with Gasteiger partial charge in [0.2, 0.25) is 0 Å². The largest absolute Gasteiger partial charge is 0.444 e. The Morgan fingerprint density at radius 2 is 1.90 bits per heavy atom. The maximum absolute atomic E-state index is 12.1. The molecule has 0 heterocycles. The topological polar surface area (TPSA) is 64.6 Å². The first-order valence-corrected chi connectivity index (χ1v) is 7.26. The van der Waals surface area contributed by atoms with E-state index in [1.165, 1.54) is 0 Å². The molecule has 1 aliphatic rings. The van der Waals surface area contributed by atoms with Gasteiger partial charge in [0, 0.05) is 31.6 Å². The number of Topliss-reactive ketones (excluding diaryl/α,β-unsaturated/α-hetero) is 1. The zero-order valence-corrected chi connectivity index (χ0v) is 13.2. The van der Waals surface area contributed by atoms with Crippen LogP contribution in [0.5, 0.6) is 0 Å². The summed E-state index contributed by atoms with van der Waals surface area (Å²) in [6, 6.07) is -0.238. The molecular formula is C15H27NO4. The van der Waals surface area contributed by atoms with E-state index in [4.69, 9.17) is 9.47 Å². The van der Waals surface area contributed by atoms with Crippen molar-refractivity contribution in [2.45, 2.75) is 58.6 Å². The summed E-state index contributed by atoms with van der Waals surface area (Å²) in [4.78, 5) is 24.0. The van der Waals surface area contributed by atoms with Crippen molar-refractivity contribution >= 4 is 11.9 Å². The van der Waals surface area contributed by atoms with Gasteiger partial charge in [-0.15, -0.1) is 0 Å². The van der Waals surface area contributed by atoms with Gasteiger partial charge < -0.3 is 14.8 Å². The van der Waals surface area contributed by atoms with Gasteiger partial charge >= 0.3 is 6.09 Å². The van der Waals surface area contributed by atoms with Crippen LogP contribution in [0.4, 0.5) is 4.79 Å². The summed E-state index contributed by atoms with van der Waals surface area (Å²) in [6.45, 7) is 7.82. The molecule has 0 radical (unpaired) electrons. The normalized spacial score (nSPS) is 18.2. The number of ether oxygens (including phenoxy) is 2. The van der Waals surface area contributed by atoms with Crippen LogP contribution in [0.15, 0.2) is 0 Å². The van der Waals surface area contributed by atoms with Gasteiger partial charge in [-0.05, 0) is 40.0 Å². The number of methoxy groups -OCH3 is 1. The Kier molecular flexibility index (Phi) is 5.99. The minimum atomic E-state index is -0.542. The summed E-state index contributed by atoms with van der Waals surface area (Å²) >= 11 is 0. The second-order valence-electron chi connectivity index (χ2n) is 6.50. The van der Waals surface area contributed by atoms with Crippen LogP contribution in [0.1, 0.15) is 47.0 Å². The molecule has 1 N–H and O–H groups in total. The summed E-state index contributed by atoms with van der Waals surface area (Å²) < 4.78 is 10.3. The van der Waals surface area contributed by atoms with E-state index in [-0.39, 0.29) is 23.7 Å². The van der Waals surface area contributed by atoms with Crippen LogP contribution in [-0.2, 0) is 14.3 Å². The van der Waals surface area contributed by atoms with Gasteiger partial charge in [0.05, 0.1) is 0 Å². The van der Waals surface area contributed by atoms with Crippen LogP contribution < -0.4 is 5.32 Å². The molecule has 1 fully saturated rings.